The fraction of sp³-hybridized carbons (Fsp3) is 0.0714. The van der Waals surface area contributed by atoms with Gasteiger partial charge in [-0.05, 0) is 30.7 Å². The zero-order chi connectivity index (χ0) is 13.1. The average Bonchev–Trinajstić information content (AvgIpc) is 2.34. The Morgan fingerprint density at radius 3 is 2.44 bits per heavy atom. The minimum Gasteiger partial charge on any atom is -0.478 e. The standard InChI is InChI=1S/C14H14N2O2/c1-9-5-2-3-7-11(9)16-12-8-4-6-10(13(12)15)14(17)18/h2-8,16H,15H2,1H3,(H,17,18). The van der Waals surface area contributed by atoms with Gasteiger partial charge in [-0.25, -0.2) is 4.79 Å². The summed E-state index contributed by atoms with van der Waals surface area (Å²) in [7, 11) is 0. The Balaban J connectivity index is 2.39. The van der Waals surface area contributed by atoms with Crippen molar-refractivity contribution < 1.29 is 9.90 Å². The first-order valence-corrected chi connectivity index (χ1v) is 5.54. The molecule has 92 valence electrons. The molecule has 2 aromatic carbocycles. The zero-order valence-corrected chi connectivity index (χ0v) is 9.97. The van der Waals surface area contributed by atoms with E-state index in [2.05, 4.69) is 5.32 Å². The second-order valence-corrected chi connectivity index (χ2v) is 4.01. The number of benzene rings is 2. The fourth-order valence-corrected chi connectivity index (χ4v) is 1.72. The molecule has 0 aliphatic carbocycles. The van der Waals surface area contributed by atoms with Crippen LogP contribution >= 0.6 is 0 Å². The van der Waals surface area contributed by atoms with E-state index in [1.165, 1.54) is 6.07 Å². The third-order valence-electron chi connectivity index (χ3n) is 2.75. The number of hydrogen-bond donors (Lipinski definition) is 3. The van der Waals surface area contributed by atoms with Crippen molar-refractivity contribution in [3.05, 3.63) is 53.6 Å². The van der Waals surface area contributed by atoms with Crippen molar-refractivity contribution in [2.75, 3.05) is 11.1 Å². The number of aromatic carboxylic acids is 1. The summed E-state index contributed by atoms with van der Waals surface area (Å²) in [5.41, 5.74) is 8.77. The third kappa shape index (κ3) is 2.27. The van der Waals surface area contributed by atoms with Gasteiger partial charge in [0.15, 0.2) is 0 Å². The van der Waals surface area contributed by atoms with Crippen LogP contribution in [0.1, 0.15) is 15.9 Å². The lowest BCUT2D eigenvalue weighted by Gasteiger charge is -2.12. The SMILES string of the molecule is Cc1ccccc1Nc1cccc(C(=O)O)c1N. The number of rotatable bonds is 3. The number of aryl methyl sites for hydroxylation is 1. The van der Waals surface area contributed by atoms with Crippen molar-refractivity contribution in [2.45, 2.75) is 6.92 Å². The van der Waals surface area contributed by atoms with Crippen molar-refractivity contribution in [1.29, 1.82) is 0 Å². The van der Waals surface area contributed by atoms with E-state index in [0.717, 1.165) is 11.3 Å². The lowest BCUT2D eigenvalue weighted by molar-refractivity contribution is 0.0698. The lowest BCUT2D eigenvalue weighted by Crippen LogP contribution is -2.05. The highest BCUT2D eigenvalue weighted by atomic mass is 16.4. The first-order chi connectivity index (χ1) is 8.59. The van der Waals surface area contributed by atoms with Crippen LogP contribution in [0.4, 0.5) is 17.1 Å². The topological polar surface area (TPSA) is 75.3 Å². The zero-order valence-electron chi connectivity index (χ0n) is 9.97. The minimum absolute atomic E-state index is 0.105. The van der Waals surface area contributed by atoms with Crippen molar-refractivity contribution in [2.24, 2.45) is 0 Å². The number of para-hydroxylation sites is 2. The Kier molecular flexibility index (Phi) is 3.19. The molecule has 0 fully saturated rings. The molecule has 0 saturated heterocycles. The molecule has 0 aliphatic rings. The van der Waals surface area contributed by atoms with Gasteiger partial charge in [0, 0.05) is 5.69 Å². The maximum Gasteiger partial charge on any atom is 0.337 e. The number of carboxylic acid groups (broad SMARTS) is 1. The first kappa shape index (κ1) is 12.0. The third-order valence-corrected chi connectivity index (χ3v) is 2.75. The molecular formula is C14H14N2O2. The quantitative estimate of drug-likeness (QED) is 0.723. The first-order valence-electron chi connectivity index (χ1n) is 5.54. The van der Waals surface area contributed by atoms with Gasteiger partial charge in [-0.3, -0.25) is 0 Å². The second kappa shape index (κ2) is 4.79. The molecule has 0 bridgehead atoms. The van der Waals surface area contributed by atoms with Crippen molar-refractivity contribution in [1.82, 2.24) is 0 Å². The summed E-state index contributed by atoms with van der Waals surface area (Å²) in [4.78, 5) is 11.0. The highest BCUT2D eigenvalue weighted by Crippen LogP contribution is 2.27. The molecule has 4 N–H and O–H groups in total. The van der Waals surface area contributed by atoms with Crippen LogP contribution in [0.3, 0.4) is 0 Å². The maximum atomic E-state index is 11.0. The van der Waals surface area contributed by atoms with E-state index in [1.54, 1.807) is 12.1 Å². The van der Waals surface area contributed by atoms with Gasteiger partial charge in [0.05, 0.1) is 16.9 Å². The summed E-state index contributed by atoms with van der Waals surface area (Å²) in [5.74, 6) is -1.03. The predicted molar refractivity (Wildman–Crippen MR) is 72.3 cm³/mol. The molecule has 0 aromatic heterocycles. The monoisotopic (exact) mass is 242 g/mol. The van der Waals surface area contributed by atoms with Gasteiger partial charge in [0.2, 0.25) is 0 Å². The van der Waals surface area contributed by atoms with Crippen LogP contribution in [0.5, 0.6) is 0 Å². The van der Waals surface area contributed by atoms with Gasteiger partial charge in [0.1, 0.15) is 0 Å². The average molecular weight is 242 g/mol. The van der Waals surface area contributed by atoms with Crippen molar-refractivity contribution in [3.63, 3.8) is 0 Å². The Hall–Kier alpha value is -2.49. The van der Waals surface area contributed by atoms with Gasteiger partial charge in [-0.15, -0.1) is 0 Å². The molecule has 0 radical (unpaired) electrons. The van der Waals surface area contributed by atoms with Crippen molar-refractivity contribution in [3.8, 4) is 0 Å². The molecule has 0 atom stereocenters. The fourth-order valence-electron chi connectivity index (χ4n) is 1.72. The number of hydrogen-bond acceptors (Lipinski definition) is 3. The summed E-state index contributed by atoms with van der Waals surface area (Å²) in [6.45, 7) is 1.97. The molecule has 2 rings (SSSR count). The number of carboxylic acids is 1. The van der Waals surface area contributed by atoms with Gasteiger partial charge in [-0.1, -0.05) is 24.3 Å². The molecule has 0 unspecified atom stereocenters. The van der Waals surface area contributed by atoms with E-state index in [4.69, 9.17) is 10.8 Å². The molecular weight excluding hydrogens is 228 g/mol. The summed E-state index contributed by atoms with van der Waals surface area (Å²) in [6.07, 6.45) is 0. The van der Waals surface area contributed by atoms with E-state index >= 15 is 0 Å². The van der Waals surface area contributed by atoms with Crippen LogP contribution in [0, 0.1) is 6.92 Å². The molecule has 0 heterocycles. The number of anilines is 3. The smallest absolute Gasteiger partial charge is 0.337 e. The molecule has 4 nitrogen and oxygen atoms in total. The maximum absolute atomic E-state index is 11.0. The van der Waals surface area contributed by atoms with Crippen LogP contribution < -0.4 is 11.1 Å². The molecule has 0 saturated carbocycles. The summed E-state index contributed by atoms with van der Waals surface area (Å²) < 4.78 is 0. The van der Waals surface area contributed by atoms with E-state index < -0.39 is 5.97 Å². The number of nitrogens with one attached hydrogen (secondary N) is 1. The predicted octanol–water partition coefficient (Wildman–Crippen LogP) is 3.02. The van der Waals surface area contributed by atoms with Crippen LogP contribution in [0.25, 0.3) is 0 Å². The number of carbonyl (C=O) groups is 1. The molecule has 18 heavy (non-hydrogen) atoms. The van der Waals surface area contributed by atoms with Crippen LogP contribution in [-0.4, -0.2) is 11.1 Å². The van der Waals surface area contributed by atoms with E-state index in [9.17, 15) is 4.79 Å². The van der Waals surface area contributed by atoms with Gasteiger partial charge >= 0.3 is 5.97 Å². The van der Waals surface area contributed by atoms with Crippen LogP contribution in [0.15, 0.2) is 42.5 Å². The lowest BCUT2D eigenvalue weighted by atomic mass is 10.1. The second-order valence-electron chi connectivity index (χ2n) is 4.01. The number of nitrogens with two attached hydrogens (primary N) is 1. The summed E-state index contributed by atoms with van der Waals surface area (Å²) in [5, 5.41) is 12.2. The molecule has 0 spiro atoms. The van der Waals surface area contributed by atoms with Gasteiger partial charge < -0.3 is 16.2 Å². The van der Waals surface area contributed by atoms with E-state index in [0.29, 0.717) is 5.69 Å². The molecule has 0 aliphatic heterocycles. The largest absolute Gasteiger partial charge is 0.478 e. The number of nitrogen functional groups attached to an aromatic ring is 1. The molecule has 0 amide bonds. The van der Waals surface area contributed by atoms with Gasteiger partial charge in [0.25, 0.3) is 0 Å². The van der Waals surface area contributed by atoms with Crippen molar-refractivity contribution >= 4 is 23.0 Å². The Bertz CT molecular complexity index is 594. The Morgan fingerprint density at radius 2 is 1.78 bits per heavy atom. The van der Waals surface area contributed by atoms with Crippen LogP contribution in [-0.2, 0) is 0 Å². The van der Waals surface area contributed by atoms with E-state index in [1.807, 2.05) is 31.2 Å². The summed E-state index contributed by atoms with van der Waals surface area (Å²) in [6, 6.07) is 12.7. The van der Waals surface area contributed by atoms with Gasteiger partial charge in [-0.2, -0.15) is 0 Å². The molecule has 4 heteroatoms. The normalized spacial score (nSPS) is 10.1. The van der Waals surface area contributed by atoms with Crippen LogP contribution in [0.2, 0.25) is 0 Å². The summed E-state index contributed by atoms with van der Waals surface area (Å²) >= 11 is 0. The Labute approximate surface area is 105 Å². The minimum atomic E-state index is -1.03. The highest BCUT2D eigenvalue weighted by Gasteiger charge is 2.11. The van der Waals surface area contributed by atoms with E-state index in [-0.39, 0.29) is 11.3 Å². The molecule has 2 aromatic rings. The Morgan fingerprint density at radius 1 is 1.11 bits per heavy atom. The highest BCUT2D eigenvalue weighted by molar-refractivity contribution is 5.97.